The van der Waals surface area contributed by atoms with E-state index in [9.17, 15) is 5.11 Å². The van der Waals surface area contributed by atoms with E-state index >= 15 is 0 Å². The van der Waals surface area contributed by atoms with Crippen LogP contribution in [-0.4, -0.2) is 36.5 Å². The Labute approximate surface area is 98.6 Å². The predicted molar refractivity (Wildman–Crippen MR) is 64.5 cm³/mol. The second-order valence-corrected chi connectivity index (χ2v) is 5.21. The molecule has 0 aromatic heterocycles. The normalized spacial score (nSPS) is 36.9. The van der Waals surface area contributed by atoms with E-state index < -0.39 is 0 Å². The average molecular weight is 227 g/mol. The van der Waals surface area contributed by atoms with Gasteiger partial charge in [0.25, 0.3) is 0 Å². The molecule has 2 rings (SSSR count). The number of hydrogen-bond acceptors (Lipinski definition) is 3. The maximum atomic E-state index is 9.98. The van der Waals surface area contributed by atoms with Gasteiger partial charge in [0.2, 0.25) is 0 Å². The van der Waals surface area contributed by atoms with Crippen molar-refractivity contribution < 1.29 is 9.84 Å². The molecule has 0 aromatic rings. The second kappa shape index (κ2) is 6.58. The van der Waals surface area contributed by atoms with Gasteiger partial charge in [-0.2, -0.15) is 0 Å². The molecule has 2 aliphatic rings. The van der Waals surface area contributed by atoms with Crippen molar-refractivity contribution in [2.75, 3.05) is 13.2 Å². The number of aliphatic hydroxyl groups excluding tert-OH is 1. The molecule has 1 aliphatic heterocycles. The lowest BCUT2D eigenvalue weighted by atomic mass is 10.0. The summed E-state index contributed by atoms with van der Waals surface area (Å²) in [6, 6.07) is 0.299. The van der Waals surface area contributed by atoms with E-state index in [0.29, 0.717) is 12.1 Å². The van der Waals surface area contributed by atoms with Crippen molar-refractivity contribution in [3.63, 3.8) is 0 Å². The summed E-state index contributed by atoms with van der Waals surface area (Å²) in [5, 5.41) is 13.5. The third-order valence-electron chi connectivity index (χ3n) is 3.86. The van der Waals surface area contributed by atoms with Crippen LogP contribution in [0, 0.1) is 0 Å². The molecule has 0 bridgehead atoms. The Morgan fingerprint density at radius 3 is 2.62 bits per heavy atom. The van der Waals surface area contributed by atoms with Crippen LogP contribution >= 0.6 is 0 Å². The van der Waals surface area contributed by atoms with Gasteiger partial charge in [-0.15, -0.1) is 0 Å². The molecule has 1 saturated carbocycles. The molecule has 3 unspecified atom stereocenters. The van der Waals surface area contributed by atoms with Crippen LogP contribution in [0.1, 0.15) is 51.4 Å². The molecule has 0 amide bonds. The summed E-state index contributed by atoms with van der Waals surface area (Å²) < 4.78 is 5.69. The molecule has 0 aromatic carbocycles. The quantitative estimate of drug-likeness (QED) is 0.723. The summed E-state index contributed by atoms with van der Waals surface area (Å²) in [6.07, 6.45) is 9.69. The third-order valence-corrected chi connectivity index (χ3v) is 3.86. The Morgan fingerprint density at radius 1 is 1.00 bits per heavy atom. The fourth-order valence-corrected chi connectivity index (χ4v) is 2.78. The van der Waals surface area contributed by atoms with Crippen LogP contribution in [0.3, 0.4) is 0 Å². The highest BCUT2D eigenvalue weighted by Crippen LogP contribution is 2.19. The Morgan fingerprint density at radius 2 is 1.81 bits per heavy atom. The lowest BCUT2D eigenvalue weighted by Gasteiger charge is -2.27. The van der Waals surface area contributed by atoms with E-state index in [1.165, 1.54) is 38.5 Å². The average Bonchev–Trinajstić information content (AvgIpc) is 2.53. The van der Waals surface area contributed by atoms with Crippen LogP contribution in [0.5, 0.6) is 0 Å². The largest absolute Gasteiger partial charge is 0.392 e. The lowest BCUT2D eigenvalue weighted by Crippen LogP contribution is -2.43. The molecule has 0 radical (unpaired) electrons. The van der Waals surface area contributed by atoms with Crippen molar-refractivity contribution in [2.24, 2.45) is 0 Å². The molecular weight excluding hydrogens is 202 g/mol. The van der Waals surface area contributed by atoms with Gasteiger partial charge in [0, 0.05) is 19.2 Å². The summed E-state index contributed by atoms with van der Waals surface area (Å²) in [6.45, 7) is 1.83. The molecule has 0 spiro atoms. The van der Waals surface area contributed by atoms with Gasteiger partial charge >= 0.3 is 0 Å². The zero-order valence-corrected chi connectivity index (χ0v) is 10.2. The fourth-order valence-electron chi connectivity index (χ4n) is 2.78. The summed E-state index contributed by atoms with van der Waals surface area (Å²) >= 11 is 0. The van der Waals surface area contributed by atoms with Gasteiger partial charge in [0.05, 0.1) is 12.2 Å². The van der Waals surface area contributed by atoms with Crippen molar-refractivity contribution >= 4 is 0 Å². The van der Waals surface area contributed by atoms with Crippen molar-refractivity contribution in [3.05, 3.63) is 0 Å². The Kier molecular flexibility index (Phi) is 5.07. The number of aliphatic hydroxyl groups is 1. The van der Waals surface area contributed by atoms with Crippen LogP contribution in [-0.2, 0) is 4.74 Å². The molecule has 94 valence electrons. The van der Waals surface area contributed by atoms with Gasteiger partial charge in [-0.3, -0.25) is 0 Å². The highest BCUT2D eigenvalue weighted by atomic mass is 16.5. The standard InChI is InChI=1S/C13H25NO2/c15-13-8-3-1-2-7-12(13)14-10-11-6-4-5-9-16-11/h11-15H,1-10H2. The molecule has 3 atom stereocenters. The molecule has 1 saturated heterocycles. The van der Waals surface area contributed by atoms with E-state index in [1.807, 2.05) is 0 Å². The van der Waals surface area contributed by atoms with Gasteiger partial charge in [0.1, 0.15) is 0 Å². The first-order valence-electron chi connectivity index (χ1n) is 6.89. The van der Waals surface area contributed by atoms with Crippen molar-refractivity contribution in [3.8, 4) is 0 Å². The topological polar surface area (TPSA) is 41.5 Å². The van der Waals surface area contributed by atoms with Gasteiger partial charge in [-0.25, -0.2) is 0 Å². The highest BCUT2D eigenvalue weighted by Gasteiger charge is 2.22. The van der Waals surface area contributed by atoms with Gasteiger partial charge in [0.15, 0.2) is 0 Å². The first-order valence-corrected chi connectivity index (χ1v) is 6.89. The molecule has 3 heteroatoms. The van der Waals surface area contributed by atoms with Gasteiger partial charge < -0.3 is 15.2 Å². The van der Waals surface area contributed by atoms with Crippen LogP contribution in [0.25, 0.3) is 0 Å². The molecular formula is C13H25NO2. The number of nitrogens with one attached hydrogen (secondary N) is 1. The SMILES string of the molecule is OC1CCCCCC1NCC1CCCCO1. The summed E-state index contributed by atoms with van der Waals surface area (Å²) in [4.78, 5) is 0. The Balaban J connectivity index is 1.70. The molecule has 2 fully saturated rings. The molecule has 1 aliphatic carbocycles. The Hall–Kier alpha value is -0.120. The number of ether oxygens (including phenoxy) is 1. The van der Waals surface area contributed by atoms with Crippen LogP contribution in [0.2, 0.25) is 0 Å². The zero-order chi connectivity index (χ0) is 11.2. The van der Waals surface area contributed by atoms with Gasteiger partial charge in [-0.05, 0) is 32.1 Å². The molecule has 3 nitrogen and oxygen atoms in total. The lowest BCUT2D eigenvalue weighted by molar-refractivity contribution is 0.0108. The van der Waals surface area contributed by atoms with Gasteiger partial charge in [-0.1, -0.05) is 19.3 Å². The highest BCUT2D eigenvalue weighted by molar-refractivity contribution is 4.80. The van der Waals surface area contributed by atoms with Crippen LogP contribution in [0.4, 0.5) is 0 Å². The first kappa shape index (κ1) is 12.3. The predicted octanol–water partition coefficient (Wildman–Crippen LogP) is 1.84. The zero-order valence-electron chi connectivity index (χ0n) is 10.2. The van der Waals surface area contributed by atoms with E-state index in [1.54, 1.807) is 0 Å². The summed E-state index contributed by atoms with van der Waals surface area (Å²) in [7, 11) is 0. The van der Waals surface area contributed by atoms with Crippen LogP contribution < -0.4 is 5.32 Å². The minimum absolute atomic E-state index is 0.147. The van der Waals surface area contributed by atoms with E-state index in [-0.39, 0.29) is 6.10 Å². The smallest absolute Gasteiger partial charge is 0.0699 e. The Bertz CT molecular complexity index is 192. The monoisotopic (exact) mass is 227 g/mol. The van der Waals surface area contributed by atoms with Crippen molar-refractivity contribution in [1.29, 1.82) is 0 Å². The summed E-state index contributed by atoms with van der Waals surface area (Å²) in [5.74, 6) is 0. The molecule has 2 N–H and O–H groups in total. The van der Waals surface area contributed by atoms with Crippen molar-refractivity contribution in [1.82, 2.24) is 5.32 Å². The number of rotatable bonds is 3. The minimum atomic E-state index is -0.147. The van der Waals surface area contributed by atoms with E-state index in [4.69, 9.17) is 4.74 Å². The second-order valence-electron chi connectivity index (χ2n) is 5.21. The number of hydrogen-bond donors (Lipinski definition) is 2. The summed E-state index contributed by atoms with van der Waals surface area (Å²) in [5.41, 5.74) is 0. The van der Waals surface area contributed by atoms with Crippen LogP contribution in [0.15, 0.2) is 0 Å². The maximum Gasteiger partial charge on any atom is 0.0699 e. The fraction of sp³-hybridized carbons (Fsp3) is 1.00. The minimum Gasteiger partial charge on any atom is -0.392 e. The molecule has 16 heavy (non-hydrogen) atoms. The van der Waals surface area contributed by atoms with E-state index in [2.05, 4.69) is 5.32 Å². The van der Waals surface area contributed by atoms with Crippen molar-refractivity contribution in [2.45, 2.75) is 69.6 Å². The first-order chi connectivity index (χ1) is 7.86. The third kappa shape index (κ3) is 3.72. The van der Waals surface area contributed by atoms with E-state index in [0.717, 1.165) is 26.0 Å². The maximum absolute atomic E-state index is 9.98. The molecule has 1 heterocycles.